The van der Waals surface area contributed by atoms with Gasteiger partial charge in [-0.25, -0.2) is 0 Å². The van der Waals surface area contributed by atoms with E-state index >= 15 is 0 Å². The Morgan fingerprint density at radius 3 is 2.45 bits per heavy atom. The molecule has 1 aromatic carbocycles. The van der Waals surface area contributed by atoms with Crippen molar-refractivity contribution in [3.8, 4) is 5.75 Å². The molecular weight excluding hydrogens is 459 g/mol. The average molecular weight is 492 g/mol. The van der Waals surface area contributed by atoms with Crippen LogP contribution < -0.4 is 4.31 Å². The number of halogens is 3. The van der Waals surface area contributed by atoms with Crippen LogP contribution >= 0.6 is 0 Å². The summed E-state index contributed by atoms with van der Waals surface area (Å²) >= 11 is 0. The number of fused-ring (bicyclic) bond motifs is 1. The lowest BCUT2D eigenvalue weighted by Crippen LogP contribution is -2.39. The normalized spacial score (nSPS) is 24.6. The highest BCUT2D eigenvalue weighted by Gasteiger charge is 2.52. The molecule has 1 N–H and O–H groups in total. The number of phenolic OH excluding ortho intramolecular Hbond substituents is 1. The second-order valence-corrected chi connectivity index (χ2v) is 11.6. The van der Waals surface area contributed by atoms with E-state index in [1.165, 1.54) is 13.0 Å². The molecule has 1 aliphatic carbocycles. The Morgan fingerprint density at radius 1 is 1.24 bits per heavy atom. The number of hydrogen-bond acceptors (Lipinski definition) is 5. The van der Waals surface area contributed by atoms with Crippen LogP contribution in [0.4, 0.5) is 18.9 Å². The lowest BCUT2D eigenvalue weighted by Gasteiger charge is -2.37. The highest BCUT2D eigenvalue weighted by molar-refractivity contribution is 7.93. The van der Waals surface area contributed by atoms with Gasteiger partial charge in [0.2, 0.25) is 0 Å². The Bertz CT molecular complexity index is 1020. The standard InChI is InChI=1S/C23H32F3NO5S/c1-12(2)16-7-6-13(3)10-19(16)32-22(29)15(5)20-14(4)11-18-17(21(20)28)8-9-27(18)33(30,31)23(24,25)26/h11-13,15-16,19,28H,6-10H2,1-5H3/t13-,15+,16+,19-/m1/s1. The summed E-state index contributed by atoms with van der Waals surface area (Å²) in [5, 5.41) is 10.9. The maximum absolute atomic E-state index is 13.1. The number of ether oxygens (including phenoxy) is 1. The number of carbonyl (C=O) groups excluding carboxylic acids is 1. The molecule has 1 aromatic rings. The molecule has 186 valence electrons. The van der Waals surface area contributed by atoms with Crippen LogP contribution in [0.3, 0.4) is 0 Å². The first-order valence-corrected chi connectivity index (χ1v) is 12.8. The van der Waals surface area contributed by atoms with Gasteiger partial charge in [-0.1, -0.05) is 27.2 Å². The van der Waals surface area contributed by atoms with Gasteiger partial charge in [-0.15, -0.1) is 0 Å². The number of aryl methyl sites for hydroxylation is 1. The van der Waals surface area contributed by atoms with Gasteiger partial charge in [0.25, 0.3) is 0 Å². The Balaban J connectivity index is 1.89. The summed E-state index contributed by atoms with van der Waals surface area (Å²) in [4.78, 5) is 13.1. The van der Waals surface area contributed by atoms with Crippen LogP contribution in [0.25, 0.3) is 0 Å². The molecule has 1 saturated carbocycles. The summed E-state index contributed by atoms with van der Waals surface area (Å²) in [6, 6.07) is 1.30. The molecule has 1 heterocycles. The van der Waals surface area contributed by atoms with Crippen molar-refractivity contribution in [3.63, 3.8) is 0 Å². The van der Waals surface area contributed by atoms with Gasteiger partial charge in [0.1, 0.15) is 11.9 Å². The van der Waals surface area contributed by atoms with E-state index in [9.17, 15) is 31.5 Å². The lowest BCUT2D eigenvalue weighted by atomic mass is 9.75. The van der Waals surface area contributed by atoms with Crippen LogP contribution in [0.1, 0.15) is 69.6 Å². The summed E-state index contributed by atoms with van der Waals surface area (Å²) in [5.74, 6) is -0.670. The summed E-state index contributed by atoms with van der Waals surface area (Å²) in [5.41, 5.74) is -4.97. The number of anilines is 1. The average Bonchev–Trinajstić information content (AvgIpc) is 3.11. The molecule has 1 aliphatic heterocycles. The number of carbonyl (C=O) groups is 1. The Morgan fingerprint density at radius 2 is 1.88 bits per heavy atom. The zero-order valence-corrected chi connectivity index (χ0v) is 20.4. The van der Waals surface area contributed by atoms with Crippen molar-refractivity contribution in [2.75, 3.05) is 10.8 Å². The van der Waals surface area contributed by atoms with Crippen molar-refractivity contribution in [1.29, 1.82) is 0 Å². The summed E-state index contributed by atoms with van der Waals surface area (Å²) in [6.07, 6.45) is 2.50. The molecule has 0 aromatic heterocycles. The topological polar surface area (TPSA) is 83.9 Å². The van der Waals surface area contributed by atoms with E-state index in [-0.39, 0.29) is 45.3 Å². The largest absolute Gasteiger partial charge is 0.516 e. The SMILES string of the molecule is Cc1cc2c(c(O)c1[C@H](C)C(=O)O[C@@H]1C[C@H](C)CC[C@H]1C(C)C)CCN2S(=O)(=O)C(F)(F)F. The minimum Gasteiger partial charge on any atom is -0.507 e. The minimum atomic E-state index is -5.58. The first-order valence-electron chi connectivity index (χ1n) is 11.3. The third kappa shape index (κ3) is 4.68. The molecule has 0 amide bonds. The number of phenols is 1. The first kappa shape index (κ1) is 25.6. The molecule has 0 unspecified atom stereocenters. The molecule has 0 spiro atoms. The van der Waals surface area contributed by atoms with Crippen molar-refractivity contribution >= 4 is 21.7 Å². The zero-order valence-electron chi connectivity index (χ0n) is 19.6. The van der Waals surface area contributed by atoms with E-state index in [1.807, 2.05) is 0 Å². The van der Waals surface area contributed by atoms with Gasteiger partial charge in [0, 0.05) is 17.7 Å². The van der Waals surface area contributed by atoms with Crippen LogP contribution in [0.15, 0.2) is 6.07 Å². The fraction of sp³-hybridized carbons (Fsp3) is 0.696. The monoisotopic (exact) mass is 491 g/mol. The maximum Gasteiger partial charge on any atom is 0.516 e. The Labute approximate surface area is 193 Å². The van der Waals surface area contributed by atoms with Crippen LogP contribution in [0, 0.1) is 24.7 Å². The zero-order chi connectivity index (χ0) is 24.9. The van der Waals surface area contributed by atoms with Crippen LogP contribution in [0.2, 0.25) is 0 Å². The van der Waals surface area contributed by atoms with Gasteiger partial charge >= 0.3 is 21.5 Å². The second-order valence-electron chi connectivity index (χ2n) is 9.75. The van der Waals surface area contributed by atoms with Crippen LogP contribution in [-0.4, -0.2) is 37.7 Å². The van der Waals surface area contributed by atoms with Gasteiger partial charge in [-0.2, -0.15) is 21.6 Å². The third-order valence-electron chi connectivity index (χ3n) is 7.06. The fourth-order valence-electron chi connectivity index (χ4n) is 5.18. The highest BCUT2D eigenvalue weighted by atomic mass is 32.2. The van der Waals surface area contributed by atoms with Crippen molar-refractivity contribution < 1.29 is 36.2 Å². The van der Waals surface area contributed by atoms with Crippen molar-refractivity contribution in [3.05, 3.63) is 22.8 Å². The molecule has 1 fully saturated rings. The number of benzene rings is 1. The fourth-order valence-corrected chi connectivity index (χ4v) is 6.19. The van der Waals surface area contributed by atoms with E-state index in [1.54, 1.807) is 6.92 Å². The molecule has 6 nitrogen and oxygen atoms in total. The van der Waals surface area contributed by atoms with E-state index in [4.69, 9.17) is 4.74 Å². The van der Waals surface area contributed by atoms with Gasteiger partial charge < -0.3 is 9.84 Å². The van der Waals surface area contributed by atoms with Gasteiger partial charge in [0.15, 0.2) is 0 Å². The van der Waals surface area contributed by atoms with E-state index in [0.717, 1.165) is 19.3 Å². The van der Waals surface area contributed by atoms with Crippen molar-refractivity contribution in [1.82, 2.24) is 0 Å². The van der Waals surface area contributed by atoms with E-state index in [0.29, 0.717) is 17.4 Å². The number of hydrogen-bond donors (Lipinski definition) is 1. The number of aromatic hydroxyl groups is 1. The predicted octanol–water partition coefficient (Wildman–Crippen LogP) is 5.02. The predicted molar refractivity (Wildman–Crippen MR) is 119 cm³/mol. The van der Waals surface area contributed by atoms with Crippen molar-refractivity contribution in [2.24, 2.45) is 17.8 Å². The van der Waals surface area contributed by atoms with E-state index in [2.05, 4.69) is 20.8 Å². The molecule has 0 radical (unpaired) electrons. The van der Waals surface area contributed by atoms with Gasteiger partial charge in [-0.05, 0) is 62.5 Å². The first-order chi connectivity index (χ1) is 15.2. The Hall–Kier alpha value is -1.97. The quantitative estimate of drug-likeness (QED) is 0.585. The maximum atomic E-state index is 13.1. The minimum absolute atomic E-state index is 0.0823. The highest BCUT2D eigenvalue weighted by Crippen LogP contribution is 2.45. The van der Waals surface area contributed by atoms with E-state index < -0.39 is 34.0 Å². The number of nitrogens with zero attached hydrogens (tertiary/aromatic N) is 1. The molecule has 0 saturated heterocycles. The number of sulfonamides is 1. The second kappa shape index (κ2) is 9.00. The van der Waals surface area contributed by atoms with Crippen LogP contribution in [-0.2, 0) is 26.0 Å². The molecule has 33 heavy (non-hydrogen) atoms. The number of rotatable bonds is 5. The third-order valence-corrected chi connectivity index (χ3v) is 8.60. The Kier molecular flexibility index (Phi) is 6.99. The molecule has 3 rings (SSSR count). The summed E-state index contributed by atoms with van der Waals surface area (Å²) in [7, 11) is -5.58. The smallest absolute Gasteiger partial charge is 0.507 e. The molecule has 2 aliphatic rings. The molecular formula is C23H32F3NO5S. The molecule has 0 bridgehead atoms. The lowest BCUT2D eigenvalue weighted by molar-refractivity contribution is -0.157. The molecule has 10 heteroatoms. The summed E-state index contributed by atoms with van der Waals surface area (Å²) in [6.45, 7) is 9.02. The summed E-state index contributed by atoms with van der Waals surface area (Å²) < 4.78 is 69.3. The number of esters is 1. The van der Waals surface area contributed by atoms with Crippen LogP contribution in [0.5, 0.6) is 5.75 Å². The van der Waals surface area contributed by atoms with Gasteiger partial charge in [-0.3, -0.25) is 9.10 Å². The molecule has 4 atom stereocenters. The number of alkyl halides is 3. The van der Waals surface area contributed by atoms with Crippen molar-refractivity contribution in [2.45, 2.75) is 77.8 Å². The van der Waals surface area contributed by atoms with Gasteiger partial charge in [0.05, 0.1) is 11.6 Å².